The first-order valence-electron chi connectivity index (χ1n) is 11.7. The molecular weight excluding hydrogens is 424 g/mol. The van der Waals surface area contributed by atoms with E-state index in [0.717, 1.165) is 12.8 Å². The van der Waals surface area contributed by atoms with Gasteiger partial charge in [0, 0.05) is 19.6 Å². The van der Waals surface area contributed by atoms with Gasteiger partial charge in [0.1, 0.15) is 0 Å². The van der Waals surface area contributed by atoms with E-state index in [1.54, 1.807) is 0 Å². The molecule has 0 radical (unpaired) electrons. The highest BCUT2D eigenvalue weighted by Gasteiger charge is 2.20. The van der Waals surface area contributed by atoms with Crippen molar-refractivity contribution in [2.24, 2.45) is 0 Å². The van der Waals surface area contributed by atoms with Gasteiger partial charge in [0.15, 0.2) is 0 Å². The van der Waals surface area contributed by atoms with Crippen LogP contribution in [-0.4, -0.2) is 0 Å². The lowest BCUT2D eigenvalue weighted by Gasteiger charge is -2.18. The van der Waals surface area contributed by atoms with Crippen LogP contribution >= 0.6 is 23.5 Å². The zero-order valence-corrected chi connectivity index (χ0v) is 20.6. The minimum atomic E-state index is 1.16. The third kappa shape index (κ3) is 4.92. The fraction of sp³-hybridized carbons (Fsp3) is 0.267. The Kier molecular flexibility index (Phi) is 6.62. The molecule has 0 atom stereocenters. The van der Waals surface area contributed by atoms with E-state index < -0.39 is 0 Å². The quantitative estimate of drug-likeness (QED) is 0.385. The molecule has 0 N–H and O–H groups in total. The van der Waals surface area contributed by atoms with E-state index in [1.165, 1.54) is 78.7 Å². The molecule has 0 heterocycles. The van der Waals surface area contributed by atoms with Crippen LogP contribution in [0.15, 0.2) is 82.6 Å². The van der Waals surface area contributed by atoms with Gasteiger partial charge in [-0.15, -0.1) is 0 Å². The number of hydrogen-bond donors (Lipinski definition) is 0. The van der Waals surface area contributed by atoms with Crippen LogP contribution < -0.4 is 0 Å². The second-order valence-electron chi connectivity index (χ2n) is 8.92. The molecule has 0 aliphatic heterocycles. The van der Waals surface area contributed by atoms with Gasteiger partial charge in [0.25, 0.3) is 0 Å². The molecule has 0 spiro atoms. The molecule has 0 unspecified atom stereocenters. The van der Waals surface area contributed by atoms with E-state index >= 15 is 0 Å². The highest BCUT2D eigenvalue weighted by molar-refractivity contribution is 8.08. The summed E-state index contributed by atoms with van der Waals surface area (Å²) in [5.41, 5.74) is 8.60. The van der Waals surface area contributed by atoms with Crippen LogP contribution in [0.5, 0.6) is 0 Å². The Hall–Kier alpha value is -2.16. The molecule has 2 aliphatic carbocycles. The Balaban J connectivity index is 1.53. The fourth-order valence-corrected chi connectivity index (χ4v) is 6.55. The first-order chi connectivity index (χ1) is 15.7. The molecule has 0 fully saturated rings. The van der Waals surface area contributed by atoms with Crippen molar-refractivity contribution in [1.29, 1.82) is 0 Å². The molecule has 0 bridgehead atoms. The van der Waals surface area contributed by atoms with E-state index in [2.05, 4.69) is 86.7 Å². The van der Waals surface area contributed by atoms with Crippen molar-refractivity contribution in [3.63, 3.8) is 0 Å². The maximum absolute atomic E-state index is 2.54. The Bertz CT molecular complexity index is 1070. The SMILES string of the molecule is Cc1ccc(SC2=CCCCc3cc4c(cc32)C(Sc2ccc(C)cc2)=CCCC4)cc1. The topological polar surface area (TPSA) is 0 Å². The van der Waals surface area contributed by atoms with Crippen LogP contribution in [0.25, 0.3) is 9.81 Å². The summed E-state index contributed by atoms with van der Waals surface area (Å²) in [7, 11) is 0. The molecular formula is C30H30S2. The molecule has 0 aromatic heterocycles. The number of thioether (sulfide) groups is 2. The summed E-state index contributed by atoms with van der Waals surface area (Å²) >= 11 is 3.85. The van der Waals surface area contributed by atoms with Crippen molar-refractivity contribution in [2.75, 3.05) is 0 Å². The highest BCUT2D eigenvalue weighted by Crippen LogP contribution is 2.44. The number of aryl methyl sites for hydroxylation is 4. The summed E-state index contributed by atoms with van der Waals surface area (Å²) in [6.07, 6.45) is 12.1. The van der Waals surface area contributed by atoms with Crippen molar-refractivity contribution in [3.05, 3.63) is 106 Å². The predicted molar refractivity (Wildman–Crippen MR) is 142 cm³/mol. The monoisotopic (exact) mass is 454 g/mol. The number of rotatable bonds is 4. The largest absolute Gasteiger partial charge is 0.0898 e. The van der Waals surface area contributed by atoms with E-state index in [-0.39, 0.29) is 0 Å². The van der Waals surface area contributed by atoms with E-state index in [4.69, 9.17) is 0 Å². The number of benzene rings is 3. The summed E-state index contributed by atoms with van der Waals surface area (Å²) in [4.78, 5) is 5.50. The third-order valence-corrected chi connectivity index (χ3v) is 8.55. The van der Waals surface area contributed by atoms with E-state index in [1.807, 2.05) is 23.5 Å². The van der Waals surface area contributed by atoms with Crippen molar-refractivity contribution >= 4 is 33.3 Å². The molecule has 162 valence electrons. The molecule has 3 aromatic carbocycles. The molecule has 0 saturated heterocycles. The summed E-state index contributed by atoms with van der Waals surface area (Å²) in [6.45, 7) is 4.31. The molecule has 5 rings (SSSR count). The standard InChI is InChI=1S/C30H30S2/c1-21-11-15-25(16-12-21)31-29-9-5-3-7-23-19-24-8-4-6-10-30(28(24)20-27(23)29)32-26-17-13-22(2)14-18-26/h9-20H,3-8H2,1-2H3. The van der Waals surface area contributed by atoms with Gasteiger partial charge in [0.2, 0.25) is 0 Å². The average Bonchev–Trinajstić information content (AvgIpc) is 3.11. The smallest absolute Gasteiger partial charge is 0.0157 e. The van der Waals surface area contributed by atoms with Gasteiger partial charge in [0.05, 0.1) is 0 Å². The van der Waals surface area contributed by atoms with Crippen molar-refractivity contribution in [2.45, 2.75) is 62.2 Å². The second-order valence-corrected chi connectivity index (χ2v) is 11.1. The lowest BCUT2D eigenvalue weighted by atomic mass is 9.94. The maximum atomic E-state index is 2.54. The molecule has 0 amide bonds. The van der Waals surface area contributed by atoms with Crippen LogP contribution in [0.1, 0.15) is 59.1 Å². The minimum absolute atomic E-state index is 1.16. The Morgan fingerprint density at radius 3 is 1.44 bits per heavy atom. The summed E-state index contributed by atoms with van der Waals surface area (Å²) in [6, 6.07) is 23.0. The lowest BCUT2D eigenvalue weighted by molar-refractivity contribution is 0.833. The van der Waals surface area contributed by atoms with Gasteiger partial charge in [-0.1, -0.05) is 77.1 Å². The van der Waals surface area contributed by atoms with Crippen LogP contribution in [0, 0.1) is 13.8 Å². The molecule has 2 heteroatoms. The zero-order chi connectivity index (χ0) is 21.9. The fourth-order valence-electron chi connectivity index (χ4n) is 4.50. The van der Waals surface area contributed by atoms with Gasteiger partial charge >= 0.3 is 0 Å². The second kappa shape index (κ2) is 9.77. The van der Waals surface area contributed by atoms with Crippen LogP contribution in [0.3, 0.4) is 0 Å². The predicted octanol–water partition coefficient (Wildman–Crippen LogP) is 9.24. The molecule has 2 aliphatic rings. The number of allylic oxidation sites excluding steroid dienone is 2. The third-order valence-electron chi connectivity index (χ3n) is 6.32. The highest BCUT2D eigenvalue weighted by atomic mass is 32.2. The number of fused-ring (bicyclic) bond motifs is 2. The zero-order valence-electron chi connectivity index (χ0n) is 19.0. The first kappa shape index (κ1) is 21.7. The van der Waals surface area contributed by atoms with Crippen molar-refractivity contribution in [3.8, 4) is 0 Å². The molecule has 0 nitrogen and oxygen atoms in total. The first-order valence-corrected chi connectivity index (χ1v) is 13.3. The van der Waals surface area contributed by atoms with Gasteiger partial charge in [-0.3, -0.25) is 0 Å². The van der Waals surface area contributed by atoms with Gasteiger partial charge in [-0.2, -0.15) is 0 Å². The van der Waals surface area contributed by atoms with E-state index in [0.29, 0.717) is 0 Å². The molecule has 0 saturated carbocycles. The van der Waals surface area contributed by atoms with Crippen LogP contribution in [0.2, 0.25) is 0 Å². The molecule has 32 heavy (non-hydrogen) atoms. The minimum Gasteiger partial charge on any atom is -0.0898 e. The maximum Gasteiger partial charge on any atom is 0.0157 e. The van der Waals surface area contributed by atoms with Crippen molar-refractivity contribution < 1.29 is 0 Å². The van der Waals surface area contributed by atoms with Crippen LogP contribution in [-0.2, 0) is 12.8 Å². The van der Waals surface area contributed by atoms with Gasteiger partial charge < -0.3 is 0 Å². The van der Waals surface area contributed by atoms with E-state index in [9.17, 15) is 0 Å². The van der Waals surface area contributed by atoms with Gasteiger partial charge in [-0.25, -0.2) is 0 Å². The Morgan fingerprint density at radius 1 is 0.562 bits per heavy atom. The summed E-state index contributed by atoms with van der Waals surface area (Å²) < 4.78 is 0. The average molecular weight is 455 g/mol. The number of hydrogen-bond acceptors (Lipinski definition) is 2. The van der Waals surface area contributed by atoms with Gasteiger partial charge in [-0.05, 0) is 105 Å². The van der Waals surface area contributed by atoms with Crippen LogP contribution in [0.4, 0.5) is 0 Å². The van der Waals surface area contributed by atoms with Crippen molar-refractivity contribution in [1.82, 2.24) is 0 Å². The normalized spacial score (nSPS) is 15.7. The summed E-state index contributed by atoms with van der Waals surface area (Å²) in [5.74, 6) is 0. The lowest BCUT2D eigenvalue weighted by Crippen LogP contribution is -1.98. The Labute approximate surface area is 201 Å². The molecule has 3 aromatic rings. The summed E-state index contributed by atoms with van der Waals surface area (Å²) in [5, 5.41) is 0. The Morgan fingerprint density at radius 2 is 1.00 bits per heavy atom.